The van der Waals surface area contributed by atoms with Crippen molar-refractivity contribution in [2.75, 3.05) is 18.0 Å². The molecule has 0 aliphatic heterocycles. The second-order valence-electron chi connectivity index (χ2n) is 4.19. The number of Topliss-reactive ketones (excluding diaryl/α,β-unsaturated/α-hetero) is 1. The van der Waals surface area contributed by atoms with E-state index in [9.17, 15) is 4.79 Å². The molecular weight excluding hydrogens is 278 g/mol. The van der Waals surface area contributed by atoms with Gasteiger partial charge in [0.05, 0.1) is 0 Å². The van der Waals surface area contributed by atoms with Crippen LogP contribution in [0.4, 0.5) is 5.69 Å². The van der Waals surface area contributed by atoms with Gasteiger partial charge in [-0.1, -0.05) is 12.2 Å². The summed E-state index contributed by atoms with van der Waals surface area (Å²) in [5, 5.41) is 0. The normalized spacial score (nSPS) is 10.1. The number of carbonyl (C=O) groups is 1. The Bertz CT molecular complexity index is 440. The van der Waals surface area contributed by atoms with Gasteiger partial charge < -0.3 is 4.90 Å². The molecule has 0 aliphatic rings. The minimum Gasteiger partial charge on any atom is -0.368 e. The minimum absolute atomic E-state index is 0.0753. The van der Waals surface area contributed by atoms with Crippen molar-refractivity contribution in [1.29, 1.82) is 0 Å². The van der Waals surface area contributed by atoms with Gasteiger partial charge in [-0.25, -0.2) is 0 Å². The van der Waals surface area contributed by atoms with Crippen LogP contribution >= 0.6 is 15.9 Å². The third-order valence-electron chi connectivity index (χ3n) is 2.54. The Balaban J connectivity index is 3.02. The van der Waals surface area contributed by atoms with Crippen LogP contribution in [0.25, 0.3) is 0 Å². The van der Waals surface area contributed by atoms with Crippen LogP contribution in [0.2, 0.25) is 0 Å². The molecule has 0 radical (unpaired) electrons. The molecule has 1 aromatic rings. The Kier molecular flexibility index (Phi) is 4.94. The lowest BCUT2D eigenvalue weighted by atomic mass is 10.1. The minimum atomic E-state index is 0.0753. The molecule has 0 N–H and O–H groups in total. The summed E-state index contributed by atoms with van der Waals surface area (Å²) >= 11 is 3.44. The zero-order valence-corrected chi connectivity index (χ0v) is 12.2. The van der Waals surface area contributed by atoms with Gasteiger partial charge >= 0.3 is 0 Å². The summed E-state index contributed by atoms with van der Waals surface area (Å²) in [5.41, 5.74) is 2.95. The summed E-state index contributed by atoms with van der Waals surface area (Å²) in [6.45, 7) is 11.4. The molecule has 1 aromatic carbocycles. The third kappa shape index (κ3) is 3.70. The zero-order chi connectivity index (χ0) is 13.0. The maximum atomic E-state index is 11.3. The molecule has 17 heavy (non-hydrogen) atoms. The fraction of sp³-hybridized carbons (Fsp3) is 0.357. The van der Waals surface area contributed by atoms with E-state index in [0.29, 0.717) is 0 Å². The molecule has 1 rings (SSSR count). The highest BCUT2D eigenvalue weighted by Gasteiger charge is 2.09. The average molecular weight is 296 g/mol. The number of hydrogen-bond acceptors (Lipinski definition) is 2. The summed E-state index contributed by atoms with van der Waals surface area (Å²) in [6.07, 6.45) is 0. The van der Waals surface area contributed by atoms with Gasteiger partial charge in [0.15, 0.2) is 5.78 Å². The molecule has 0 spiro atoms. The van der Waals surface area contributed by atoms with Crippen molar-refractivity contribution in [2.45, 2.75) is 20.8 Å². The van der Waals surface area contributed by atoms with Crippen molar-refractivity contribution in [3.8, 4) is 0 Å². The van der Waals surface area contributed by atoms with Crippen molar-refractivity contribution in [3.05, 3.63) is 40.4 Å². The van der Waals surface area contributed by atoms with Crippen LogP contribution in [0.5, 0.6) is 0 Å². The standard InChI is InChI=1S/C14H18BrNO/c1-5-16(9-10(2)3)12-6-7-13(11(4)17)14(15)8-12/h6-8H,2,5,9H2,1,3-4H3. The van der Waals surface area contributed by atoms with Gasteiger partial charge in [0.1, 0.15) is 0 Å². The highest BCUT2D eigenvalue weighted by Crippen LogP contribution is 2.25. The predicted molar refractivity (Wildman–Crippen MR) is 76.8 cm³/mol. The molecule has 3 heteroatoms. The van der Waals surface area contributed by atoms with E-state index in [4.69, 9.17) is 0 Å². The lowest BCUT2D eigenvalue weighted by molar-refractivity contribution is 0.101. The monoisotopic (exact) mass is 295 g/mol. The molecule has 92 valence electrons. The Morgan fingerprint density at radius 3 is 2.47 bits per heavy atom. The van der Waals surface area contributed by atoms with E-state index in [1.807, 2.05) is 25.1 Å². The predicted octanol–water partition coefficient (Wildman–Crippen LogP) is 4.05. The molecule has 0 heterocycles. The zero-order valence-electron chi connectivity index (χ0n) is 10.6. The highest BCUT2D eigenvalue weighted by molar-refractivity contribution is 9.10. The maximum absolute atomic E-state index is 11.3. The van der Waals surface area contributed by atoms with E-state index in [2.05, 4.69) is 34.3 Å². The van der Waals surface area contributed by atoms with Gasteiger partial charge in [0, 0.05) is 28.8 Å². The Hall–Kier alpha value is -1.09. The summed E-state index contributed by atoms with van der Waals surface area (Å²) in [7, 11) is 0. The van der Waals surface area contributed by atoms with Crippen LogP contribution in [0, 0.1) is 0 Å². The first-order valence-electron chi connectivity index (χ1n) is 5.65. The van der Waals surface area contributed by atoms with Gasteiger partial charge in [0.25, 0.3) is 0 Å². The number of benzene rings is 1. The van der Waals surface area contributed by atoms with Crippen molar-refractivity contribution < 1.29 is 4.79 Å². The number of rotatable bonds is 5. The largest absolute Gasteiger partial charge is 0.368 e. The molecule has 0 fully saturated rings. The summed E-state index contributed by atoms with van der Waals surface area (Å²) in [4.78, 5) is 13.6. The number of likely N-dealkylation sites (N-methyl/N-ethyl adjacent to an activating group) is 1. The fourth-order valence-electron chi connectivity index (χ4n) is 1.70. The molecule has 0 atom stereocenters. The number of nitrogens with zero attached hydrogens (tertiary/aromatic N) is 1. The van der Waals surface area contributed by atoms with Crippen LogP contribution in [0.15, 0.2) is 34.8 Å². The average Bonchev–Trinajstić information content (AvgIpc) is 2.24. The van der Waals surface area contributed by atoms with Crippen molar-refractivity contribution in [1.82, 2.24) is 0 Å². The van der Waals surface area contributed by atoms with Crippen LogP contribution in [0.3, 0.4) is 0 Å². The van der Waals surface area contributed by atoms with Gasteiger partial charge in [0.2, 0.25) is 0 Å². The second kappa shape index (κ2) is 6.01. The van der Waals surface area contributed by atoms with Crippen molar-refractivity contribution in [2.24, 2.45) is 0 Å². The number of ketones is 1. The van der Waals surface area contributed by atoms with E-state index in [-0.39, 0.29) is 5.78 Å². The second-order valence-corrected chi connectivity index (χ2v) is 5.05. The van der Waals surface area contributed by atoms with Crippen molar-refractivity contribution >= 4 is 27.4 Å². The third-order valence-corrected chi connectivity index (χ3v) is 3.20. The molecule has 0 aliphatic carbocycles. The van der Waals surface area contributed by atoms with Gasteiger partial charge in [-0.3, -0.25) is 4.79 Å². The number of hydrogen-bond donors (Lipinski definition) is 0. The molecule has 0 amide bonds. The number of halogens is 1. The van der Waals surface area contributed by atoms with Crippen molar-refractivity contribution in [3.63, 3.8) is 0 Å². The summed E-state index contributed by atoms with van der Waals surface area (Å²) < 4.78 is 0.850. The van der Waals surface area contributed by atoms with E-state index >= 15 is 0 Å². The number of carbonyl (C=O) groups excluding carboxylic acids is 1. The topological polar surface area (TPSA) is 20.3 Å². The highest BCUT2D eigenvalue weighted by atomic mass is 79.9. The van der Waals surface area contributed by atoms with E-state index in [0.717, 1.165) is 34.4 Å². The lowest BCUT2D eigenvalue weighted by Gasteiger charge is -2.23. The Morgan fingerprint density at radius 1 is 1.41 bits per heavy atom. The molecule has 0 bridgehead atoms. The smallest absolute Gasteiger partial charge is 0.160 e. The lowest BCUT2D eigenvalue weighted by Crippen LogP contribution is -2.24. The van der Waals surface area contributed by atoms with E-state index < -0.39 is 0 Å². The van der Waals surface area contributed by atoms with Gasteiger partial charge in [-0.05, 0) is 54.9 Å². The summed E-state index contributed by atoms with van der Waals surface area (Å²) in [5.74, 6) is 0.0753. The van der Waals surface area contributed by atoms with Crippen LogP contribution in [-0.4, -0.2) is 18.9 Å². The molecule has 0 saturated carbocycles. The molecule has 0 unspecified atom stereocenters. The van der Waals surface area contributed by atoms with Gasteiger partial charge in [-0.15, -0.1) is 0 Å². The molecular formula is C14H18BrNO. The SMILES string of the molecule is C=C(C)CN(CC)c1ccc(C(C)=O)c(Br)c1. The van der Waals surface area contributed by atoms with Crippen LogP contribution in [0.1, 0.15) is 31.1 Å². The molecule has 2 nitrogen and oxygen atoms in total. The molecule has 0 saturated heterocycles. The Morgan fingerprint density at radius 2 is 2.06 bits per heavy atom. The fourth-order valence-corrected chi connectivity index (χ4v) is 2.34. The van der Waals surface area contributed by atoms with Crippen LogP contribution in [-0.2, 0) is 0 Å². The van der Waals surface area contributed by atoms with E-state index in [1.165, 1.54) is 0 Å². The number of anilines is 1. The quantitative estimate of drug-likeness (QED) is 0.603. The first-order valence-corrected chi connectivity index (χ1v) is 6.44. The maximum Gasteiger partial charge on any atom is 0.160 e. The van der Waals surface area contributed by atoms with E-state index in [1.54, 1.807) is 6.92 Å². The first kappa shape index (κ1) is 14.0. The molecule has 0 aromatic heterocycles. The van der Waals surface area contributed by atoms with Crippen LogP contribution < -0.4 is 4.90 Å². The Labute approximate surface area is 111 Å². The van der Waals surface area contributed by atoms with Gasteiger partial charge in [-0.2, -0.15) is 0 Å². The first-order chi connectivity index (χ1) is 7.95. The summed E-state index contributed by atoms with van der Waals surface area (Å²) in [6, 6.07) is 5.83.